The lowest BCUT2D eigenvalue weighted by Crippen LogP contribution is -2.11. The van der Waals surface area contributed by atoms with Crippen molar-refractivity contribution in [2.45, 2.75) is 26.1 Å². The van der Waals surface area contributed by atoms with Crippen LogP contribution in [0, 0.1) is 0 Å². The van der Waals surface area contributed by atoms with Gasteiger partial charge in [-0.3, -0.25) is 0 Å². The lowest BCUT2D eigenvalue weighted by Gasteiger charge is -2.08. The highest BCUT2D eigenvalue weighted by molar-refractivity contribution is 6.00. The Balaban J connectivity index is 1.86. The fourth-order valence-corrected chi connectivity index (χ4v) is 2.06. The van der Waals surface area contributed by atoms with Gasteiger partial charge in [-0.05, 0) is 32.0 Å². The maximum Gasteiger partial charge on any atom is 0.216 e. The smallest absolute Gasteiger partial charge is 0.216 e. The number of nitrogens with zero attached hydrogens (tertiary/aromatic N) is 2. The summed E-state index contributed by atoms with van der Waals surface area (Å²) in [6, 6.07) is 8.00. The van der Waals surface area contributed by atoms with Crippen LogP contribution in [-0.4, -0.2) is 37.1 Å². The minimum Gasteiger partial charge on any atom is -0.472 e. The first kappa shape index (κ1) is 11.3. The lowest BCUT2D eigenvalue weighted by atomic mass is 10.1. The van der Waals surface area contributed by atoms with E-state index in [9.17, 15) is 0 Å². The molecule has 2 heterocycles. The van der Waals surface area contributed by atoms with Gasteiger partial charge in [0, 0.05) is 11.1 Å². The molecule has 0 fully saturated rings. The number of benzene rings is 1. The average Bonchev–Trinajstić information content (AvgIpc) is 2.98. The summed E-state index contributed by atoms with van der Waals surface area (Å²) in [5.41, 5.74) is 1.98. The molecule has 0 saturated carbocycles. The largest absolute Gasteiger partial charge is 0.472 e. The number of ether oxygens (including phenoxy) is 2. The van der Waals surface area contributed by atoms with Gasteiger partial charge in [0.2, 0.25) is 11.8 Å². The van der Waals surface area contributed by atoms with Crippen LogP contribution in [0.25, 0.3) is 0 Å². The van der Waals surface area contributed by atoms with Crippen molar-refractivity contribution >= 4 is 11.8 Å². The van der Waals surface area contributed by atoms with E-state index in [1.807, 2.05) is 38.1 Å². The summed E-state index contributed by atoms with van der Waals surface area (Å²) in [6.45, 7) is 5.50. The summed E-state index contributed by atoms with van der Waals surface area (Å²) < 4.78 is 11.3. The zero-order chi connectivity index (χ0) is 12.5. The molecule has 2 aliphatic rings. The summed E-state index contributed by atoms with van der Waals surface area (Å²) in [5, 5.41) is 0. The topological polar surface area (TPSA) is 43.2 Å². The summed E-state index contributed by atoms with van der Waals surface area (Å²) in [6.07, 6.45) is 0.340. The van der Waals surface area contributed by atoms with Gasteiger partial charge in [0.05, 0.1) is 13.1 Å². The molecule has 4 nitrogen and oxygen atoms in total. The molecule has 0 spiro atoms. The first-order chi connectivity index (χ1) is 8.72. The van der Waals surface area contributed by atoms with E-state index in [1.165, 1.54) is 0 Å². The molecule has 0 N–H and O–H groups in total. The van der Waals surface area contributed by atoms with Gasteiger partial charge >= 0.3 is 0 Å². The van der Waals surface area contributed by atoms with Crippen molar-refractivity contribution in [3.8, 4) is 0 Å². The van der Waals surface area contributed by atoms with Crippen LogP contribution < -0.4 is 0 Å². The molecule has 1 aromatic carbocycles. The van der Waals surface area contributed by atoms with Crippen molar-refractivity contribution in [1.29, 1.82) is 0 Å². The van der Waals surface area contributed by atoms with Gasteiger partial charge in [-0.15, -0.1) is 0 Å². The second kappa shape index (κ2) is 4.44. The predicted molar refractivity (Wildman–Crippen MR) is 70.3 cm³/mol. The maximum atomic E-state index is 5.66. The second-order valence-electron chi connectivity index (χ2n) is 4.73. The Labute approximate surface area is 106 Å². The fourth-order valence-electron chi connectivity index (χ4n) is 2.06. The number of hydrogen-bond acceptors (Lipinski definition) is 4. The van der Waals surface area contributed by atoms with Crippen LogP contribution >= 0.6 is 0 Å². The Morgan fingerprint density at radius 2 is 1.44 bits per heavy atom. The van der Waals surface area contributed by atoms with Crippen molar-refractivity contribution in [3.63, 3.8) is 0 Å². The molecule has 2 aliphatic heterocycles. The molecule has 0 aromatic heterocycles. The molecule has 4 heteroatoms. The molecule has 0 radical (unpaired) electrons. The third-order valence-electron chi connectivity index (χ3n) is 2.97. The molecule has 3 rings (SSSR count). The number of aliphatic imine (C=N–C) groups is 2. The Morgan fingerprint density at radius 3 is 1.83 bits per heavy atom. The van der Waals surface area contributed by atoms with Gasteiger partial charge in [0.25, 0.3) is 0 Å². The minimum absolute atomic E-state index is 0.170. The van der Waals surface area contributed by atoms with E-state index in [1.54, 1.807) is 0 Å². The molecule has 2 atom stereocenters. The Kier molecular flexibility index (Phi) is 2.78. The van der Waals surface area contributed by atoms with Crippen molar-refractivity contribution < 1.29 is 9.47 Å². The van der Waals surface area contributed by atoms with Crippen LogP contribution in [0.5, 0.6) is 0 Å². The van der Waals surface area contributed by atoms with Gasteiger partial charge in [-0.1, -0.05) is 6.07 Å². The van der Waals surface area contributed by atoms with E-state index in [0.29, 0.717) is 0 Å². The molecular weight excluding hydrogens is 228 g/mol. The summed E-state index contributed by atoms with van der Waals surface area (Å²) in [7, 11) is 0. The van der Waals surface area contributed by atoms with E-state index >= 15 is 0 Å². The normalized spacial score (nSPS) is 26.3. The first-order valence-electron chi connectivity index (χ1n) is 6.25. The third kappa shape index (κ3) is 2.10. The minimum atomic E-state index is 0.170. The fraction of sp³-hybridized carbons (Fsp3) is 0.429. The maximum absolute atomic E-state index is 5.66. The van der Waals surface area contributed by atoms with Crippen molar-refractivity contribution in [1.82, 2.24) is 0 Å². The van der Waals surface area contributed by atoms with Crippen LogP contribution in [0.15, 0.2) is 34.3 Å². The third-order valence-corrected chi connectivity index (χ3v) is 2.97. The summed E-state index contributed by atoms with van der Waals surface area (Å²) >= 11 is 0. The second-order valence-corrected chi connectivity index (χ2v) is 4.73. The number of rotatable bonds is 2. The zero-order valence-corrected chi connectivity index (χ0v) is 10.6. The van der Waals surface area contributed by atoms with E-state index < -0.39 is 0 Å². The molecule has 0 aliphatic carbocycles. The molecule has 0 amide bonds. The molecule has 18 heavy (non-hydrogen) atoms. The monoisotopic (exact) mass is 244 g/mol. The van der Waals surface area contributed by atoms with Crippen LogP contribution in [0.1, 0.15) is 25.0 Å². The zero-order valence-electron chi connectivity index (χ0n) is 10.6. The average molecular weight is 244 g/mol. The Bertz CT molecular complexity index is 479. The Hall–Kier alpha value is -1.84. The lowest BCUT2D eigenvalue weighted by molar-refractivity contribution is 0.246. The number of hydrogen-bond donors (Lipinski definition) is 0. The molecule has 94 valence electrons. The van der Waals surface area contributed by atoms with Crippen molar-refractivity contribution in [3.05, 3.63) is 35.4 Å². The van der Waals surface area contributed by atoms with Gasteiger partial charge in [0.1, 0.15) is 12.2 Å². The van der Waals surface area contributed by atoms with Gasteiger partial charge < -0.3 is 9.47 Å². The molecule has 0 saturated heterocycles. The SMILES string of the molecule is CC1CN=C(c2cccc(C3=NCC(C)O3)c2)O1. The van der Waals surface area contributed by atoms with E-state index in [4.69, 9.17) is 9.47 Å². The van der Waals surface area contributed by atoms with Gasteiger partial charge in [-0.25, -0.2) is 9.98 Å². The summed E-state index contributed by atoms with van der Waals surface area (Å²) in [5.74, 6) is 1.44. The Morgan fingerprint density at radius 1 is 0.944 bits per heavy atom. The predicted octanol–water partition coefficient (Wildman–Crippen LogP) is 2.02. The van der Waals surface area contributed by atoms with Crippen LogP contribution in [-0.2, 0) is 9.47 Å². The first-order valence-corrected chi connectivity index (χ1v) is 6.25. The molecule has 1 aromatic rings. The highest BCUT2D eigenvalue weighted by Crippen LogP contribution is 2.17. The van der Waals surface area contributed by atoms with Gasteiger partial charge in [-0.2, -0.15) is 0 Å². The van der Waals surface area contributed by atoms with Crippen molar-refractivity contribution in [2.24, 2.45) is 9.98 Å². The van der Waals surface area contributed by atoms with E-state index in [-0.39, 0.29) is 12.2 Å². The van der Waals surface area contributed by atoms with Crippen molar-refractivity contribution in [2.75, 3.05) is 13.1 Å². The molecular formula is C14H16N2O2. The molecule has 2 unspecified atom stereocenters. The standard InChI is InChI=1S/C14H16N2O2/c1-9-7-15-13(17-9)11-4-3-5-12(6-11)14-16-8-10(2)18-14/h3-6,9-10H,7-8H2,1-2H3. The quantitative estimate of drug-likeness (QED) is 0.798. The highest BCUT2D eigenvalue weighted by Gasteiger charge is 2.20. The van der Waals surface area contributed by atoms with Crippen LogP contribution in [0.3, 0.4) is 0 Å². The van der Waals surface area contributed by atoms with Crippen LogP contribution in [0.2, 0.25) is 0 Å². The molecule has 0 bridgehead atoms. The summed E-state index contributed by atoms with van der Waals surface area (Å²) in [4.78, 5) is 8.77. The van der Waals surface area contributed by atoms with Crippen LogP contribution in [0.4, 0.5) is 0 Å². The highest BCUT2D eigenvalue weighted by atomic mass is 16.5. The van der Waals surface area contributed by atoms with E-state index in [0.717, 1.165) is 36.0 Å². The van der Waals surface area contributed by atoms with Gasteiger partial charge in [0.15, 0.2) is 0 Å². The van der Waals surface area contributed by atoms with E-state index in [2.05, 4.69) is 9.98 Å².